The van der Waals surface area contributed by atoms with Gasteiger partial charge in [0.25, 0.3) is 11.8 Å². The number of methoxy groups -OCH3 is 1. The fraction of sp³-hybridized carbons (Fsp3) is 0.345. The van der Waals surface area contributed by atoms with E-state index in [2.05, 4.69) is 16.0 Å². The fourth-order valence-corrected chi connectivity index (χ4v) is 5.36. The highest BCUT2D eigenvalue weighted by Crippen LogP contribution is 2.37. The summed E-state index contributed by atoms with van der Waals surface area (Å²) in [5, 5.41) is 0. The zero-order valence-corrected chi connectivity index (χ0v) is 21.0. The molecule has 1 saturated heterocycles. The van der Waals surface area contributed by atoms with Gasteiger partial charge in [-0.05, 0) is 66.8 Å². The molecule has 0 aliphatic carbocycles. The van der Waals surface area contributed by atoms with Crippen LogP contribution in [0.1, 0.15) is 51.1 Å². The molecular weight excluding hydrogens is 468 g/mol. The van der Waals surface area contributed by atoms with Crippen molar-refractivity contribution in [3.8, 4) is 11.5 Å². The molecular formula is C29H30N4O4. The third-order valence-corrected chi connectivity index (χ3v) is 7.36. The van der Waals surface area contributed by atoms with Crippen LogP contribution in [0.5, 0.6) is 11.5 Å². The van der Waals surface area contributed by atoms with Crippen LogP contribution in [-0.2, 0) is 13.1 Å². The second-order valence-corrected chi connectivity index (χ2v) is 9.75. The molecule has 0 bridgehead atoms. The number of ether oxygens (including phenoxy) is 2. The predicted octanol–water partition coefficient (Wildman–Crippen LogP) is 4.40. The number of hydrogen-bond acceptors (Lipinski definition) is 6. The van der Waals surface area contributed by atoms with Crippen LogP contribution in [-0.4, -0.2) is 59.9 Å². The number of nitrogens with zero attached hydrogens (tertiary/aromatic N) is 4. The molecule has 0 atom stereocenters. The third kappa shape index (κ3) is 4.48. The molecule has 3 aliphatic heterocycles. The first-order valence-electron chi connectivity index (χ1n) is 12.9. The zero-order chi connectivity index (χ0) is 25.4. The van der Waals surface area contributed by atoms with Crippen LogP contribution in [0, 0.1) is 0 Å². The van der Waals surface area contributed by atoms with Crippen molar-refractivity contribution in [1.82, 2.24) is 14.8 Å². The lowest BCUT2D eigenvalue weighted by Gasteiger charge is -2.31. The van der Waals surface area contributed by atoms with Gasteiger partial charge in [0, 0.05) is 43.6 Å². The Balaban J connectivity index is 1.21. The highest BCUT2D eigenvalue weighted by atomic mass is 16.5. The minimum atomic E-state index is 0.0173. The maximum Gasteiger partial charge on any atom is 0.255 e. The van der Waals surface area contributed by atoms with Crippen LogP contribution >= 0.6 is 0 Å². The van der Waals surface area contributed by atoms with E-state index < -0.39 is 0 Å². The molecule has 190 valence electrons. The Morgan fingerprint density at radius 1 is 1.03 bits per heavy atom. The molecule has 8 nitrogen and oxygen atoms in total. The molecule has 3 aromatic rings. The lowest BCUT2D eigenvalue weighted by Crippen LogP contribution is -2.36. The molecule has 1 fully saturated rings. The number of anilines is 2. The van der Waals surface area contributed by atoms with Gasteiger partial charge in [0.05, 0.1) is 19.2 Å². The van der Waals surface area contributed by atoms with Gasteiger partial charge >= 0.3 is 0 Å². The van der Waals surface area contributed by atoms with Crippen molar-refractivity contribution in [3.05, 3.63) is 77.0 Å². The number of piperidine rings is 1. The maximum atomic E-state index is 13.1. The predicted molar refractivity (Wildman–Crippen MR) is 140 cm³/mol. The first kappa shape index (κ1) is 23.3. The van der Waals surface area contributed by atoms with Crippen molar-refractivity contribution >= 4 is 23.3 Å². The van der Waals surface area contributed by atoms with E-state index in [4.69, 9.17) is 9.47 Å². The van der Waals surface area contributed by atoms with Gasteiger partial charge in [-0.3, -0.25) is 9.59 Å². The molecule has 0 radical (unpaired) electrons. The summed E-state index contributed by atoms with van der Waals surface area (Å²) in [4.78, 5) is 36.5. The summed E-state index contributed by atoms with van der Waals surface area (Å²) in [6.07, 6.45) is 4.93. The molecule has 1 aromatic heterocycles. The molecule has 0 N–H and O–H groups in total. The second-order valence-electron chi connectivity index (χ2n) is 9.75. The summed E-state index contributed by atoms with van der Waals surface area (Å²) in [5.74, 6) is 2.17. The summed E-state index contributed by atoms with van der Waals surface area (Å²) in [7, 11) is 1.64. The third-order valence-electron chi connectivity index (χ3n) is 7.36. The molecule has 2 amide bonds. The van der Waals surface area contributed by atoms with Crippen LogP contribution < -0.4 is 14.4 Å². The number of carbonyl (C=O) groups is 2. The van der Waals surface area contributed by atoms with Crippen molar-refractivity contribution in [1.29, 1.82) is 0 Å². The van der Waals surface area contributed by atoms with Gasteiger partial charge < -0.3 is 24.2 Å². The Kier molecular flexibility index (Phi) is 6.16. The van der Waals surface area contributed by atoms with Gasteiger partial charge in [-0.15, -0.1) is 0 Å². The van der Waals surface area contributed by atoms with E-state index in [1.165, 1.54) is 6.42 Å². The number of hydrogen-bond donors (Lipinski definition) is 0. The number of benzene rings is 2. The zero-order valence-electron chi connectivity index (χ0n) is 21.0. The number of fused-ring (bicyclic) bond motifs is 2. The molecule has 0 spiro atoms. The van der Waals surface area contributed by atoms with Crippen molar-refractivity contribution in [3.63, 3.8) is 0 Å². The molecule has 8 heteroatoms. The van der Waals surface area contributed by atoms with Gasteiger partial charge in [0.2, 0.25) is 0 Å². The lowest BCUT2D eigenvalue weighted by molar-refractivity contribution is 0.0722. The van der Waals surface area contributed by atoms with E-state index in [0.29, 0.717) is 43.4 Å². The van der Waals surface area contributed by atoms with Crippen molar-refractivity contribution in [2.45, 2.75) is 32.4 Å². The van der Waals surface area contributed by atoms with Crippen molar-refractivity contribution in [2.24, 2.45) is 0 Å². The summed E-state index contributed by atoms with van der Waals surface area (Å²) in [6, 6.07) is 15.6. The number of carbonyl (C=O) groups excluding carboxylic acids is 2. The maximum absolute atomic E-state index is 13.1. The fourth-order valence-electron chi connectivity index (χ4n) is 5.36. The molecule has 4 heterocycles. The molecule has 6 rings (SSSR count). The highest BCUT2D eigenvalue weighted by molar-refractivity contribution is 5.99. The quantitative estimate of drug-likeness (QED) is 0.519. The first-order valence-corrected chi connectivity index (χ1v) is 12.9. The number of rotatable bonds is 5. The van der Waals surface area contributed by atoms with E-state index >= 15 is 0 Å². The minimum absolute atomic E-state index is 0.0173. The number of likely N-dealkylation sites (tertiary alicyclic amines) is 1. The van der Waals surface area contributed by atoms with E-state index in [9.17, 15) is 9.59 Å². The van der Waals surface area contributed by atoms with Gasteiger partial charge in [0.1, 0.15) is 12.4 Å². The Morgan fingerprint density at radius 3 is 2.62 bits per heavy atom. The van der Waals surface area contributed by atoms with E-state index in [0.717, 1.165) is 54.1 Å². The minimum Gasteiger partial charge on any atom is -0.497 e. The molecule has 0 saturated carbocycles. The Bertz CT molecular complexity index is 1330. The van der Waals surface area contributed by atoms with Gasteiger partial charge in [-0.2, -0.15) is 0 Å². The topological polar surface area (TPSA) is 75.2 Å². The largest absolute Gasteiger partial charge is 0.497 e. The smallest absolute Gasteiger partial charge is 0.255 e. The van der Waals surface area contributed by atoms with Crippen LogP contribution in [0.3, 0.4) is 0 Å². The SMILES string of the molecule is COc1ccc(CN2Cc3cc(N4CCOc5cc(C(=O)N6CCCCC6)cnc54)ccc3C2=O)cc1. The van der Waals surface area contributed by atoms with Crippen LogP contribution in [0.4, 0.5) is 11.5 Å². The Morgan fingerprint density at radius 2 is 1.84 bits per heavy atom. The number of pyridine rings is 1. The van der Waals surface area contributed by atoms with Gasteiger partial charge in [-0.1, -0.05) is 12.1 Å². The van der Waals surface area contributed by atoms with E-state index in [-0.39, 0.29) is 11.8 Å². The van der Waals surface area contributed by atoms with Crippen molar-refractivity contribution in [2.75, 3.05) is 38.3 Å². The molecule has 0 unspecified atom stereocenters. The molecule has 3 aliphatic rings. The Labute approximate surface area is 216 Å². The van der Waals surface area contributed by atoms with Crippen molar-refractivity contribution < 1.29 is 19.1 Å². The van der Waals surface area contributed by atoms with Crippen LogP contribution in [0.25, 0.3) is 0 Å². The summed E-state index contributed by atoms with van der Waals surface area (Å²) >= 11 is 0. The van der Waals surface area contributed by atoms with E-state index in [1.54, 1.807) is 13.3 Å². The first-order chi connectivity index (χ1) is 18.1. The molecule has 37 heavy (non-hydrogen) atoms. The average Bonchev–Trinajstić information content (AvgIpc) is 3.26. The standard InChI is InChI=1S/C29H30N4O4/c1-36-24-8-5-20(6-9-24)18-32-19-22-15-23(7-10-25(22)29(32)35)33-13-14-37-26-16-21(17-30-27(26)33)28(34)31-11-3-2-4-12-31/h5-10,15-17H,2-4,11-14,18-19H2,1H3. The summed E-state index contributed by atoms with van der Waals surface area (Å²) in [6.45, 7) is 3.83. The Hall–Kier alpha value is -4.07. The average molecular weight is 499 g/mol. The van der Waals surface area contributed by atoms with Gasteiger partial charge in [-0.25, -0.2) is 4.98 Å². The number of amides is 2. The van der Waals surface area contributed by atoms with Crippen LogP contribution in [0.15, 0.2) is 54.7 Å². The van der Waals surface area contributed by atoms with E-state index in [1.807, 2.05) is 52.3 Å². The summed E-state index contributed by atoms with van der Waals surface area (Å²) in [5.41, 5.74) is 4.33. The summed E-state index contributed by atoms with van der Waals surface area (Å²) < 4.78 is 11.2. The van der Waals surface area contributed by atoms with Crippen LogP contribution in [0.2, 0.25) is 0 Å². The molecule has 2 aromatic carbocycles. The highest BCUT2D eigenvalue weighted by Gasteiger charge is 2.30. The monoisotopic (exact) mass is 498 g/mol. The second kappa shape index (κ2) is 9.76. The number of aromatic nitrogens is 1. The normalized spacial score (nSPS) is 16.8. The van der Waals surface area contributed by atoms with Gasteiger partial charge in [0.15, 0.2) is 11.6 Å². The lowest BCUT2D eigenvalue weighted by atomic mass is 10.1.